The zero-order chi connectivity index (χ0) is 11.8. The molecule has 1 aliphatic rings. The SMILES string of the molecule is CC(C)CNC(=S)NCCN1CCOCC1. The molecular formula is C11H23N3OS. The van der Waals surface area contributed by atoms with Crippen LogP contribution in [0.2, 0.25) is 0 Å². The zero-order valence-electron chi connectivity index (χ0n) is 10.3. The molecule has 0 saturated carbocycles. The summed E-state index contributed by atoms with van der Waals surface area (Å²) >= 11 is 5.17. The summed E-state index contributed by atoms with van der Waals surface area (Å²) in [7, 11) is 0. The van der Waals surface area contributed by atoms with Crippen LogP contribution >= 0.6 is 12.2 Å². The highest BCUT2D eigenvalue weighted by atomic mass is 32.1. The van der Waals surface area contributed by atoms with Crippen molar-refractivity contribution < 1.29 is 4.74 Å². The van der Waals surface area contributed by atoms with Gasteiger partial charge in [-0.05, 0) is 18.1 Å². The van der Waals surface area contributed by atoms with Crippen LogP contribution in [0.5, 0.6) is 0 Å². The summed E-state index contributed by atoms with van der Waals surface area (Å²) < 4.78 is 5.29. The van der Waals surface area contributed by atoms with E-state index in [0.29, 0.717) is 5.92 Å². The van der Waals surface area contributed by atoms with E-state index >= 15 is 0 Å². The summed E-state index contributed by atoms with van der Waals surface area (Å²) in [5.74, 6) is 0.624. The Morgan fingerprint density at radius 1 is 1.31 bits per heavy atom. The molecule has 0 bridgehead atoms. The van der Waals surface area contributed by atoms with Crippen LogP contribution in [0.1, 0.15) is 13.8 Å². The van der Waals surface area contributed by atoms with Crippen molar-refractivity contribution in [3.63, 3.8) is 0 Å². The monoisotopic (exact) mass is 245 g/mol. The molecule has 1 rings (SSSR count). The first-order chi connectivity index (χ1) is 7.68. The lowest BCUT2D eigenvalue weighted by Crippen LogP contribution is -2.44. The largest absolute Gasteiger partial charge is 0.379 e. The highest BCUT2D eigenvalue weighted by Crippen LogP contribution is 1.94. The molecule has 1 aliphatic heterocycles. The Morgan fingerprint density at radius 2 is 2.00 bits per heavy atom. The lowest BCUT2D eigenvalue weighted by atomic mass is 10.2. The van der Waals surface area contributed by atoms with Gasteiger partial charge in [-0.2, -0.15) is 0 Å². The summed E-state index contributed by atoms with van der Waals surface area (Å²) in [5.41, 5.74) is 0. The third-order valence-corrected chi connectivity index (χ3v) is 2.78. The summed E-state index contributed by atoms with van der Waals surface area (Å²) in [5, 5.41) is 7.19. The number of nitrogens with one attached hydrogen (secondary N) is 2. The molecule has 94 valence electrons. The summed E-state index contributed by atoms with van der Waals surface area (Å²) in [4.78, 5) is 2.39. The number of hydrogen-bond acceptors (Lipinski definition) is 3. The minimum absolute atomic E-state index is 0.624. The van der Waals surface area contributed by atoms with Crippen LogP contribution in [-0.2, 0) is 4.74 Å². The summed E-state index contributed by atoms with van der Waals surface area (Å²) in [6.07, 6.45) is 0. The smallest absolute Gasteiger partial charge is 0.166 e. The van der Waals surface area contributed by atoms with Gasteiger partial charge in [0.25, 0.3) is 0 Å². The van der Waals surface area contributed by atoms with E-state index in [2.05, 4.69) is 29.4 Å². The van der Waals surface area contributed by atoms with Gasteiger partial charge in [0.1, 0.15) is 0 Å². The van der Waals surface area contributed by atoms with Crippen molar-refractivity contribution in [2.75, 3.05) is 45.9 Å². The van der Waals surface area contributed by atoms with Crippen LogP contribution in [0.4, 0.5) is 0 Å². The predicted octanol–water partition coefficient (Wildman–Crippen LogP) is 0.439. The summed E-state index contributed by atoms with van der Waals surface area (Å²) in [6, 6.07) is 0. The first-order valence-corrected chi connectivity index (χ1v) is 6.41. The van der Waals surface area contributed by atoms with Crippen molar-refractivity contribution in [2.45, 2.75) is 13.8 Å². The molecule has 1 saturated heterocycles. The zero-order valence-corrected chi connectivity index (χ0v) is 11.1. The van der Waals surface area contributed by atoms with Crippen LogP contribution in [0, 0.1) is 5.92 Å². The Balaban J connectivity index is 1.99. The molecule has 16 heavy (non-hydrogen) atoms. The van der Waals surface area contributed by atoms with Crippen LogP contribution < -0.4 is 10.6 Å². The van der Waals surface area contributed by atoms with Crippen LogP contribution in [0.25, 0.3) is 0 Å². The molecule has 0 spiro atoms. The van der Waals surface area contributed by atoms with Gasteiger partial charge in [-0.15, -0.1) is 0 Å². The van der Waals surface area contributed by atoms with Crippen molar-refractivity contribution in [1.29, 1.82) is 0 Å². The van der Waals surface area contributed by atoms with E-state index in [1.165, 1.54) is 0 Å². The van der Waals surface area contributed by atoms with Gasteiger partial charge in [0.2, 0.25) is 0 Å². The van der Waals surface area contributed by atoms with Gasteiger partial charge in [0.15, 0.2) is 5.11 Å². The Bertz CT molecular complexity index is 205. The average molecular weight is 245 g/mol. The highest BCUT2D eigenvalue weighted by Gasteiger charge is 2.09. The fourth-order valence-electron chi connectivity index (χ4n) is 1.51. The summed E-state index contributed by atoms with van der Waals surface area (Å²) in [6.45, 7) is 11.0. The maximum absolute atomic E-state index is 5.29. The van der Waals surface area contributed by atoms with Crippen molar-refractivity contribution >= 4 is 17.3 Å². The second kappa shape index (κ2) is 7.81. The van der Waals surface area contributed by atoms with E-state index in [1.54, 1.807) is 0 Å². The molecule has 0 aliphatic carbocycles. The normalized spacial score (nSPS) is 17.4. The predicted molar refractivity (Wildman–Crippen MR) is 70.7 cm³/mol. The Labute approximate surface area is 104 Å². The van der Waals surface area contributed by atoms with Crippen LogP contribution in [0.3, 0.4) is 0 Å². The van der Waals surface area contributed by atoms with Gasteiger partial charge >= 0.3 is 0 Å². The quantitative estimate of drug-likeness (QED) is 0.687. The molecule has 0 amide bonds. The highest BCUT2D eigenvalue weighted by molar-refractivity contribution is 7.80. The maximum Gasteiger partial charge on any atom is 0.166 e. The Kier molecular flexibility index (Phi) is 6.68. The Morgan fingerprint density at radius 3 is 2.62 bits per heavy atom. The van der Waals surface area contributed by atoms with Crippen molar-refractivity contribution in [3.8, 4) is 0 Å². The van der Waals surface area contributed by atoms with E-state index in [9.17, 15) is 0 Å². The molecule has 2 N–H and O–H groups in total. The molecule has 0 radical (unpaired) electrons. The minimum atomic E-state index is 0.624. The second-order valence-electron chi connectivity index (χ2n) is 4.48. The van der Waals surface area contributed by atoms with Crippen LogP contribution in [-0.4, -0.2) is 55.9 Å². The molecule has 5 heteroatoms. The first-order valence-electron chi connectivity index (χ1n) is 6.00. The van der Waals surface area contributed by atoms with Gasteiger partial charge in [-0.25, -0.2) is 0 Å². The standard InChI is InChI=1S/C11H23N3OS/c1-10(2)9-13-11(16)12-3-4-14-5-7-15-8-6-14/h10H,3-9H2,1-2H3,(H2,12,13,16). The topological polar surface area (TPSA) is 36.5 Å². The fourth-order valence-corrected chi connectivity index (χ4v) is 1.70. The molecule has 0 aromatic rings. The fraction of sp³-hybridized carbons (Fsp3) is 0.909. The van der Waals surface area contributed by atoms with Gasteiger partial charge in [0, 0.05) is 32.7 Å². The molecule has 1 heterocycles. The first kappa shape index (κ1) is 13.7. The maximum atomic E-state index is 5.29. The number of thiocarbonyl (C=S) groups is 1. The molecule has 0 unspecified atom stereocenters. The third kappa shape index (κ3) is 6.25. The van der Waals surface area contributed by atoms with Gasteiger partial charge < -0.3 is 15.4 Å². The molecule has 0 aromatic heterocycles. The van der Waals surface area contributed by atoms with E-state index < -0.39 is 0 Å². The van der Waals surface area contributed by atoms with E-state index in [1.807, 2.05) is 0 Å². The Hall–Kier alpha value is -0.390. The van der Waals surface area contributed by atoms with Crippen LogP contribution in [0.15, 0.2) is 0 Å². The average Bonchev–Trinajstić information content (AvgIpc) is 2.28. The molecular weight excluding hydrogens is 222 g/mol. The number of ether oxygens (including phenoxy) is 1. The number of morpholine rings is 1. The third-order valence-electron chi connectivity index (χ3n) is 2.49. The van der Waals surface area contributed by atoms with Crippen molar-refractivity contribution in [1.82, 2.24) is 15.5 Å². The molecule has 4 nitrogen and oxygen atoms in total. The van der Waals surface area contributed by atoms with E-state index in [-0.39, 0.29) is 0 Å². The van der Waals surface area contributed by atoms with Gasteiger partial charge in [0.05, 0.1) is 13.2 Å². The number of rotatable bonds is 5. The number of nitrogens with zero attached hydrogens (tertiary/aromatic N) is 1. The number of hydrogen-bond donors (Lipinski definition) is 2. The molecule has 0 atom stereocenters. The second-order valence-corrected chi connectivity index (χ2v) is 4.89. The van der Waals surface area contributed by atoms with E-state index in [4.69, 9.17) is 17.0 Å². The molecule has 0 aromatic carbocycles. The van der Waals surface area contributed by atoms with Crippen molar-refractivity contribution in [3.05, 3.63) is 0 Å². The van der Waals surface area contributed by atoms with Crippen molar-refractivity contribution in [2.24, 2.45) is 5.92 Å². The van der Waals surface area contributed by atoms with E-state index in [0.717, 1.165) is 51.0 Å². The molecule has 1 fully saturated rings. The lowest BCUT2D eigenvalue weighted by molar-refractivity contribution is 0.0389. The minimum Gasteiger partial charge on any atom is -0.379 e. The van der Waals surface area contributed by atoms with Gasteiger partial charge in [-0.3, -0.25) is 4.90 Å². The lowest BCUT2D eigenvalue weighted by Gasteiger charge is -2.26. The van der Waals surface area contributed by atoms with Gasteiger partial charge in [-0.1, -0.05) is 13.8 Å².